The van der Waals surface area contributed by atoms with E-state index in [-0.39, 0.29) is 17.3 Å². The van der Waals surface area contributed by atoms with Crippen molar-refractivity contribution in [1.29, 1.82) is 0 Å². The zero-order valence-corrected chi connectivity index (χ0v) is 12.0. The van der Waals surface area contributed by atoms with Crippen molar-refractivity contribution in [3.63, 3.8) is 0 Å². The van der Waals surface area contributed by atoms with Gasteiger partial charge in [-0.2, -0.15) is 0 Å². The molecule has 0 amide bonds. The lowest BCUT2D eigenvalue weighted by Crippen LogP contribution is -2.46. The fourth-order valence-electron chi connectivity index (χ4n) is 2.87. The molecule has 0 spiro atoms. The second kappa shape index (κ2) is 4.56. The Morgan fingerprint density at radius 3 is 2.89 bits per heavy atom. The zero-order chi connectivity index (χ0) is 14.3. The second-order valence-electron chi connectivity index (χ2n) is 6.37. The van der Waals surface area contributed by atoms with Gasteiger partial charge in [0.2, 0.25) is 5.60 Å². The molecule has 0 bridgehead atoms. The number of fused-ring (bicyclic) bond motifs is 1. The number of esters is 1. The van der Waals surface area contributed by atoms with E-state index in [2.05, 4.69) is 31.8 Å². The second-order valence-corrected chi connectivity index (χ2v) is 6.37. The largest absolute Gasteiger partial charge is 0.446 e. The van der Waals surface area contributed by atoms with E-state index in [4.69, 9.17) is 16.0 Å². The molecular weight excluding hydrogens is 242 g/mol. The number of carbonyl (C=O) groups is 1. The number of nitrogens with zero attached hydrogens (tertiary/aromatic N) is 1. The number of rotatable bonds is 2. The van der Waals surface area contributed by atoms with Crippen molar-refractivity contribution >= 4 is 11.7 Å². The summed E-state index contributed by atoms with van der Waals surface area (Å²) in [6.07, 6.45) is 7.22. The Labute approximate surface area is 114 Å². The monoisotopic (exact) mass is 263 g/mol. The first-order chi connectivity index (χ1) is 8.81. The van der Waals surface area contributed by atoms with Gasteiger partial charge in [-0.05, 0) is 19.8 Å². The van der Waals surface area contributed by atoms with Crippen LogP contribution in [0, 0.1) is 23.7 Å². The minimum absolute atomic E-state index is 0.0185. The first-order valence-corrected chi connectivity index (χ1v) is 6.75. The summed E-state index contributed by atoms with van der Waals surface area (Å²) in [6, 6.07) is 0. The Hall–Kier alpha value is -1.50. The van der Waals surface area contributed by atoms with E-state index in [0.717, 1.165) is 18.6 Å². The molecule has 0 N–H and O–H groups in total. The van der Waals surface area contributed by atoms with E-state index in [0.29, 0.717) is 6.42 Å². The molecule has 1 saturated carbocycles. The Morgan fingerprint density at radius 2 is 2.32 bits per heavy atom. The van der Waals surface area contributed by atoms with Gasteiger partial charge < -0.3 is 9.57 Å². The number of carbonyl (C=O) groups excluding carboxylic acids is 1. The van der Waals surface area contributed by atoms with Gasteiger partial charge in [-0.15, -0.1) is 6.42 Å². The van der Waals surface area contributed by atoms with Crippen LogP contribution in [0.15, 0.2) is 5.16 Å². The lowest BCUT2D eigenvalue weighted by atomic mass is 9.76. The summed E-state index contributed by atoms with van der Waals surface area (Å²) in [6.45, 7) is 7.93. The molecule has 3 atom stereocenters. The Bertz CT molecular complexity index is 455. The topological polar surface area (TPSA) is 47.9 Å². The Balaban J connectivity index is 2.22. The predicted octanol–water partition coefficient (Wildman–Crippen LogP) is 2.52. The summed E-state index contributed by atoms with van der Waals surface area (Å²) >= 11 is 0. The highest BCUT2D eigenvalue weighted by Crippen LogP contribution is 2.48. The van der Waals surface area contributed by atoms with Crippen molar-refractivity contribution in [2.75, 3.05) is 0 Å². The average molecular weight is 263 g/mol. The number of hydrogen-bond acceptors (Lipinski definition) is 4. The summed E-state index contributed by atoms with van der Waals surface area (Å²) in [5.41, 5.74) is -0.0852. The third kappa shape index (κ3) is 2.22. The minimum Gasteiger partial charge on any atom is -0.446 e. The maximum absolute atomic E-state index is 12.4. The maximum Gasteiger partial charge on any atom is 0.355 e. The zero-order valence-electron chi connectivity index (χ0n) is 12.0. The molecular formula is C15H21NO3. The number of terminal acetylenes is 1. The van der Waals surface area contributed by atoms with Crippen LogP contribution in [0.1, 0.15) is 47.0 Å². The van der Waals surface area contributed by atoms with Gasteiger partial charge in [0.15, 0.2) is 6.10 Å². The van der Waals surface area contributed by atoms with Crippen LogP contribution in [0.2, 0.25) is 0 Å². The molecule has 0 radical (unpaired) electrons. The highest BCUT2D eigenvalue weighted by Gasteiger charge is 2.60. The predicted molar refractivity (Wildman–Crippen MR) is 72.4 cm³/mol. The molecule has 4 nitrogen and oxygen atoms in total. The van der Waals surface area contributed by atoms with Crippen molar-refractivity contribution in [3.8, 4) is 12.3 Å². The lowest BCUT2D eigenvalue weighted by molar-refractivity contribution is -0.174. The summed E-state index contributed by atoms with van der Waals surface area (Å²) < 4.78 is 5.28. The van der Waals surface area contributed by atoms with Crippen molar-refractivity contribution in [1.82, 2.24) is 0 Å². The van der Waals surface area contributed by atoms with Gasteiger partial charge in [-0.3, -0.25) is 0 Å². The van der Waals surface area contributed by atoms with Gasteiger partial charge in [0.25, 0.3) is 0 Å². The normalized spacial score (nSPS) is 30.9. The molecule has 19 heavy (non-hydrogen) atoms. The Morgan fingerprint density at radius 1 is 1.63 bits per heavy atom. The lowest BCUT2D eigenvalue weighted by Gasteiger charge is -2.28. The van der Waals surface area contributed by atoms with Gasteiger partial charge in [0, 0.05) is 11.8 Å². The first kappa shape index (κ1) is 13.9. The van der Waals surface area contributed by atoms with Crippen molar-refractivity contribution in [2.24, 2.45) is 16.5 Å². The third-order valence-electron chi connectivity index (χ3n) is 3.87. The molecule has 1 fully saturated rings. The van der Waals surface area contributed by atoms with E-state index in [9.17, 15) is 4.79 Å². The summed E-state index contributed by atoms with van der Waals surface area (Å²) in [4.78, 5) is 17.9. The molecule has 104 valence electrons. The van der Waals surface area contributed by atoms with Crippen molar-refractivity contribution < 1.29 is 14.4 Å². The molecule has 2 rings (SSSR count). The van der Waals surface area contributed by atoms with E-state index >= 15 is 0 Å². The number of oxime groups is 1. The van der Waals surface area contributed by atoms with E-state index in [1.807, 2.05) is 0 Å². The molecule has 1 aliphatic carbocycles. The molecule has 1 aliphatic heterocycles. The quantitative estimate of drug-likeness (QED) is 0.568. The molecule has 2 aliphatic rings. The molecule has 1 heterocycles. The van der Waals surface area contributed by atoms with Crippen LogP contribution in [0.25, 0.3) is 0 Å². The molecule has 4 heteroatoms. The average Bonchev–Trinajstić information content (AvgIpc) is 2.85. The van der Waals surface area contributed by atoms with Gasteiger partial charge in [0.05, 0.1) is 11.6 Å². The fourth-order valence-corrected chi connectivity index (χ4v) is 2.87. The molecule has 0 saturated heterocycles. The molecule has 0 aromatic rings. The summed E-state index contributed by atoms with van der Waals surface area (Å²) in [7, 11) is 0. The molecule has 3 unspecified atom stereocenters. The van der Waals surface area contributed by atoms with E-state index in [1.54, 1.807) is 6.92 Å². The van der Waals surface area contributed by atoms with Crippen LogP contribution in [0.5, 0.6) is 0 Å². The van der Waals surface area contributed by atoms with Crippen LogP contribution in [-0.2, 0) is 14.4 Å². The SMILES string of the molecule is C#CC(C)OC(=O)C12CCCC1C(C(C)(C)C)=NO2. The van der Waals surface area contributed by atoms with Gasteiger partial charge in [-0.25, -0.2) is 4.79 Å². The summed E-state index contributed by atoms with van der Waals surface area (Å²) in [5, 5.41) is 4.18. The van der Waals surface area contributed by atoms with Crippen molar-refractivity contribution in [3.05, 3.63) is 0 Å². The van der Waals surface area contributed by atoms with Crippen LogP contribution >= 0.6 is 0 Å². The van der Waals surface area contributed by atoms with Crippen LogP contribution in [0.4, 0.5) is 0 Å². The smallest absolute Gasteiger partial charge is 0.355 e. The first-order valence-electron chi connectivity index (χ1n) is 6.75. The maximum atomic E-state index is 12.4. The van der Waals surface area contributed by atoms with Crippen LogP contribution in [-0.4, -0.2) is 23.4 Å². The van der Waals surface area contributed by atoms with Crippen LogP contribution < -0.4 is 0 Å². The standard InChI is InChI=1S/C15H21NO3/c1-6-10(2)18-13(17)15-9-7-8-11(15)12(16-19-15)14(3,4)5/h1,10-11H,7-9H2,2-5H3. The highest BCUT2D eigenvalue weighted by atomic mass is 16.7. The molecule has 0 aromatic carbocycles. The van der Waals surface area contributed by atoms with Gasteiger partial charge >= 0.3 is 5.97 Å². The van der Waals surface area contributed by atoms with E-state index in [1.165, 1.54) is 0 Å². The van der Waals surface area contributed by atoms with Gasteiger partial charge in [0.1, 0.15) is 0 Å². The number of hydrogen-bond donors (Lipinski definition) is 0. The Kier molecular flexibility index (Phi) is 3.34. The van der Waals surface area contributed by atoms with E-state index < -0.39 is 11.7 Å². The van der Waals surface area contributed by atoms with Gasteiger partial charge in [-0.1, -0.05) is 31.8 Å². The van der Waals surface area contributed by atoms with Crippen molar-refractivity contribution in [2.45, 2.75) is 58.7 Å². The minimum atomic E-state index is -0.937. The van der Waals surface area contributed by atoms with Crippen LogP contribution in [0.3, 0.4) is 0 Å². The highest BCUT2D eigenvalue weighted by molar-refractivity contribution is 5.99. The summed E-state index contributed by atoms with van der Waals surface area (Å²) in [5.74, 6) is 2.05. The molecule has 0 aromatic heterocycles. The fraction of sp³-hybridized carbons (Fsp3) is 0.733. The third-order valence-corrected chi connectivity index (χ3v) is 3.87. The number of ether oxygens (including phenoxy) is 1.